The zero-order valence-electron chi connectivity index (χ0n) is 9.98. The molecule has 0 saturated heterocycles. The van der Waals surface area contributed by atoms with Crippen molar-refractivity contribution < 1.29 is 0 Å². The van der Waals surface area contributed by atoms with Crippen molar-refractivity contribution in [3.8, 4) is 0 Å². The summed E-state index contributed by atoms with van der Waals surface area (Å²) in [7, 11) is 1.68. The van der Waals surface area contributed by atoms with Gasteiger partial charge in [-0.05, 0) is 36.4 Å². The second-order valence-corrected chi connectivity index (χ2v) is 5.87. The normalized spacial score (nSPS) is 12.7. The number of nitrogens with two attached hydrogens (primary N) is 1. The minimum atomic E-state index is -0.227. The van der Waals surface area contributed by atoms with Crippen LogP contribution in [0.1, 0.15) is 18.5 Å². The van der Waals surface area contributed by atoms with Gasteiger partial charge in [-0.1, -0.05) is 22.0 Å². The lowest BCUT2D eigenvalue weighted by molar-refractivity contribution is 0.762. The van der Waals surface area contributed by atoms with E-state index in [9.17, 15) is 4.79 Å². The van der Waals surface area contributed by atoms with Gasteiger partial charge in [0, 0.05) is 22.5 Å². The van der Waals surface area contributed by atoms with Crippen molar-refractivity contribution in [2.24, 2.45) is 12.8 Å². The molecule has 2 rings (SSSR count). The number of nitrogens with one attached hydrogen (secondary N) is 1. The summed E-state index contributed by atoms with van der Waals surface area (Å²) >= 11 is 4.85. The number of nitrogens with zero attached hydrogens (tertiary/aromatic N) is 2. The monoisotopic (exact) mass is 328 g/mol. The molecule has 3 N–H and O–H groups in total. The predicted molar refractivity (Wildman–Crippen MR) is 74.7 cm³/mol. The van der Waals surface area contributed by atoms with Crippen molar-refractivity contribution in [1.29, 1.82) is 0 Å². The van der Waals surface area contributed by atoms with Crippen LogP contribution >= 0.6 is 27.7 Å². The van der Waals surface area contributed by atoms with E-state index < -0.39 is 0 Å². The molecule has 0 spiro atoms. The summed E-state index contributed by atoms with van der Waals surface area (Å²) in [5.74, 6) is 0. The van der Waals surface area contributed by atoms with E-state index >= 15 is 0 Å². The maximum absolute atomic E-state index is 11.3. The first-order valence-electron chi connectivity index (χ1n) is 5.33. The maximum atomic E-state index is 11.3. The van der Waals surface area contributed by atoms with Crippen molar-refractivity contribution >= 4 is 27.7 Å². The van der Waals surface area contributed by atoms with E-state index in [0.29, 0.717) is 5.16 Å². The highest BCUT2D eigenvalue weighted by Gasteiger charge is 2.12. The second-order valence-electron chi connectivity index (χ2n) is 3.94. The minimum absolute atomic E-state index is 0.0726. The molecular formula is C11H13BrN4OS. The van der Waals surface area contributed by atoms with Crippen LogP contribution in [0.4, 0.5) is 0 Å². The number of H-pyrrole nitrogens is 1. The van der Waals surface area contributed by atoms with Crippen LogP contribution < -0.4 is 11.4 Å². The van der Waals surface area contributed by atoms with Crippen LogP contribution in [0.25, 0.3) is 0 Å². The molecule has 5 nitrogen and oxygen atoms in total. The highest BCUT2D eigenvalue weighted by Crippen LogP contribution is 2.33. The minimum Gasteiger partial charge on any atom is -0.324 e. The standard InChI is InChI=1S/C11H13BrN4OS/c1-6(13)8-4-3-7(12)5-9(8)18-11-15-14-10(17)16(11)2/h3-6H,13H2,1-2H3,(H,14,17). The number of hydrogen-bond acceptors (Lipinski definition) is 4. The van der Waals surface area contributed by atoms with E-state index in [4.69, 9.17) is 5.73 Å². The van der Waals surface area contributed by atoms with E-state index in [1.165, 1.54) is 16.3 Å². The van der Waals surface area contributed by atoms with E-state index in [0.717, 1.165) is 14.9 Å². The summed E-state index contributed by atoms with van der Waals surface area (Å²) < 4.78 is 2.44. The first-order valence-corrected chi connectivity index (χ1v) is 6.94. The van der Waals surface area contributed by atoms with Crippen LogP contribution in [0.15, 0.2) is 37.5 Å². The van der Waals surface area contributed by atoms with Gasteiger partial charge >= 0.3 is 5.69 Å². The van der Waals surface area contributed by atoms with Gasteiger partial charge in [0.25, 0.3) is 0 Å². The van der Waals surface area contributed by atoms with E-state index in [-0.39, 0.29) is 11.7 Å². The third kappa shape index (κ3) is 2.68. The number of benzene rings is 1. The molecule has 1 aromatic carbocycles. The molecular weight excluding hydrogens is 316 g/mol. The Morgan fingerprint density at radius 3 is 2.83 bits per heavy atom. The zero-order valence-corrected chi connectivity index (χ0v) is 12.4. The Balaban J connectivity index is 2.42. The largest absolute Gasteiger partial charge is 0.343 e. The van der Waals surface area contributed by atoms with Gasteiger partial charge in [-0.25, -0.2) is 9.89 Å². The third-order valence-corrected chi connectivity index (χ3v) is 4.12. The van der Waals surface area contributed by atoms with Gasteiger partial charge in [0.15, 0.2) is 5.16 Å². The van der Waals surface area contributed by atoms with Crippen LogP contribution in [0, 0.1) is 0 Å². The summed E-state index contributed by atoms with van der Waals surface area (Å²) in [6.07, 6.45) is 0. The predicted octanol–water partition coefficient (Wildman–Crippen LogP) is 2.04. The molecule has 0 aliphatic heterocycles. The van der Waals surface area contributed by atoms with Gasteiger partial charge in [0.2, 0.25) is 0 Å². The fourth-order valence-corrected chi connectivity index (χ4v) is 3.07. The molecule has 0 radical (unpaired) electrons. The zero-order chi connectivity index (χ0) is 13.3. The van der Waals surface area contributed by atoms with Crippen molar-refractivity contribution in [2.45, 2.75) is 23.0 Å². The maximum Gasteiger partial charge on any atom is 0.343 e. The Hall–Kier alpha value is -1.05. The average Bonchev–Trinajstić information content (AvgIpc) is 2.61. The Labute approximate surface area is 117 Å². The quantitative estimate of drug-likeness (QED) is 0.903. The van der Waals surface area contributed by atoms with Crippen LogP contribution in [0.3, 0.4) is 0 Å². The van der Waals surface area contributed by atoms with Crippen LogP contribution in [-0.2, 0) is 7.05 Å². The lowest BCUT2D eigenvalue weighted by atomic mass is 10.1. The lowest BCUT2D eigenvalue weighted by Gasteiger charge is -2.12. The molecule has 2 aromatic rings. The van der Waals surface area contributed by atoms with Gasteiger partial charge < -0.3 is 5.73 Å². The SMILES string of the molecule is CC(N)c1ccc(Br)cc1Sc1n[nH]c(=O)n1C. The van der Waals surface area contributed by atoms with Gasteiger partial charge in [-0.15, -0.1) is 5.10 Å². The van der Waals surface area contributed by atoms with E-state index in [1.807, 2.05) is 25.1 Å². The van der Waals surface area contributed by atoms with Crippen LogP contribution in [0.2, 0.25) is 0 Å². The molecule has 18 heavy (non-hydrogen) atoms. The first-order chi connectivity index (χ1) is 8.49. The molecule has 1 atom stereocenters. The average molecular weight is 329 g/mol. The van der Waals surface area contributed by atoms with Crippen LogP contribution in [0.5, 0.6) is 0 Å². The molecule has 96 valence electrons. The molecule has 0 aliphatic carbocycles. The Morgan fingerprint density at radius 1 is 1.56 bits per heavy atom. The van der Waals surface area contributed by atoms with E-state index in [1.54, 1.807) is 7.05 Å². The Kier molecular flexibility index (Phi) is 3.94. The molecule has 7 heteroatoms. The number of rotatable bonds is 3. The van der Waals surface area contributed by atoms with Crippen molar-refractivity contribution in [3.63, 3.8) is 0 Å². The van der Waals surface area contributed by atoms with Crippen molar-refractivity contribution in [1.82, 2.24) is 14.8 Å². The molecule has 0 bridgehead atoms. The van der Waals surface area contributed by atoms with Crippen molar-refractivity contribution in [2.75, 3.05) is 0 Å². The molecule has 0 fully saturated rings. The number of halogens is 1. The molecule has 1 aromatic heterocycles. The summed E-state index contributed by atoms with van der Waals surface area (Å²) in [4.78, 5) is 12.3. The van der Waals surface area contributed by atoms with Crippen molar-refractivity contribution in [3.05, 3.63) is 38.7 Å². The molecule has 0 saturated carbocycles. The van der Waals surface area contributed by atoms with Gasteiger partial charge in [-0.2, -0.15) is 0 Å². The summed E-state index contributed by atoms with van der Waals surface area (Å²) in [6, 6.07) is 5.83. The highest BCUT2D eigenvalue weighted by molar-refractivity contribution is 9.10. The molecule has 0 amide bonds. The molecule has 1 unspecified atom stereocenters. The summed E-state index contributed by atoms with van der Waals surface area (Å²) in [6.45, 7) is 1.93. The first kappa shape index (κ1) is 13.4. The number of hydrogen-bond donors (Lipinski definition) is 2. The summed E-state index contributed by atoms with van der Waals surface area (Å²) in [5.41, 5.74) is 6.74. The smallest absolute Gasteiger partial charge is 0.324 e. The molecule has 1 heterocycles. The number of aromatic nitrogens is 3. The number of aromatic amines is 1. The highest BCUT2D eigenvalue weighted by atomic mass is 79.9. The topological polar surface area (TPSA) is 76.7 Å². The van der Waals surface area contributed by atoms with Crippen LogP contribution in [-0.4, -0.2) is 14.8 Å². The Morgan fingerprint density at radius 2 is 2.28 bits per heavy atom. The second kappa shape index (κ2) is 5.29. The molecule has 0 aliphatic rings. The van der Waals surface area contributed by atoms with Gasteiger partial charge in [-0.3, -0.25) is 4.57 Å². The lowest BCUT2D eigenvalue weighted by Crippen LogP contribution is -2.13. The fourth-order valence-electron chi connectivity index (χ4n) is 1.49. The van der Waals surface area contributed by atoms with Gasteiger partial charge in [0.1, 0.15) is 0 Å². The van der Waals surface area contributed by atoms with E-state index in [2.05, 4.69) is 26.1 Å². The fraction of sp³-hybridized carbons (Fsp3) is 0.273. The summed E-state index contributed by atoms with van der Waals surface area (Å²) in [5, 5.41) is 7.00. The Bertz CT molecular complexity index is 620. The van der Waals surface area contributed by atoms with Gasteiger partial charge in [0.05, 0.1) is 0 Å². The third-order valence-electron chi connectivity index (χ3n) is 2.51.